The molecule has 0 unspecified atom stereocenters. The Bertz CT molecular complexity index is 378. The van der Waals surface area contributed by atoms with E-state index in [1.54, 1.807) is 13.2 Å². The van der Waals surface area contributed by atoms with Crippen molar-refractivity contribution in [2.24, 2.45) is 0 Å². The van der Waals surface area contributed by atoms with E-state index in [1.807, 2.05) is 6.07 Å². The van der Waals surface area contributed by atoms with Crippen molar-refractivity contribution >= 4 is 17.9 Å². The monoisotopic (exact) mass is 226 g/mol. The Balaban J connectivity index is 3.45. The van der Waals surface area contributed by atoms with Crippen molar-refractivity contribution in [1.29, 1.82) is 0 Å². The Morgan fingerprint density at radius 2 is 1.93 bits per heavy atom. The van der Waals surface area contributed by atoms with Gasteiger partial charge in [-0.15, -0.1) is 0 Å². The van der Waals surface area contributed by atoms with Gasteiger partial charge in [0.05, 0.1) is 12.1 Å². The van der Waals surface area contributed by atoms with E-state index in [-0.39, 0.29) is 5.41 Å². The summed E-state index contributed by atoms with van der Waals surface area (Å²) < 4.78 is 5.25. The number of aldehydes is 1. The van der Waals surface area contributed by atoms with Crippen LogP contribution < -0.4 is 4.74 Å². The standard InChI is InChI=1S/C12H15ClO2/c1-12(2,3)9-5-8(7-14)6-10(13)11(9)15-4/h5-7H,1-4H3. The zero-order valence-electron chi connectivity index (χ0n) is 9.43. The van der Waals surface area contributed by atoms with Crippen molar-refractivity contribution in [2.45, 2.75) is 26.2 Å². The van der Waals surface area contributed by atoms with Gasteiger partial charge in [-0.2, -0.15) is 0 Å². The van der Waals surface area contributed by atoms with E-state index in [4.69, 9.17) is 16.3 Å². The molecule has 0 heterocycles. The number of hydrogen-bond acceptors (Lipinski definition) is 2. The van der Waals surface area contributed by atoms with Crippen LogP contribution in [0, 0.1) is 0 Å². The molecule has 0 aliphatic carbocycles. The summed E-state index contributed by atoms with van der Waals surface area (Å²) >= 11 is 6.04. The molecule has 0 fully saturated rings. The first-order valence-electron chi connectivity index (χ1n) is 4.73. The summed E-state index contributed by atoms with van der Waals surface area (Å²) in [6, 6.07) is 3.43. The van der Waals surface area contributed by atoms with Crippen LogP contribution in [0.1, 0.15) is 36.7 Å². The smallest absolute Gasteiger partial charge is 0.150 e. The van der Waals surface area contributed by atoms with E-state index in [0.29, 0.717) is 16.3 Å². The number of halogens is 1. The molecular formula is C12H15ClO2. The zero-order chi connectivity index (χ0) is 11.6. The molecule has 0 atom stereocenters. The minimum atomic E-state index is -0.103. The van der Waals surface area contributed by atoms with Crippen molar-refractivity contribution in [2.75, 3.05) is 7.11 Å². The average molecular weight is 227 g/mol. The zero-order valence-corrected chi connectivity index (χ0v) is 10.2. The molecule has 2 nitrogen and oxygen atoms in total. The van der Waals surface area contributed by atoms with Crippen molar-refractivity contribution in [1.82, 2.24) is 0 Å². The van der Waals surface area contributed by atoms with Gasteiger partial charge in [0.2, 0.25) is 0 Å². The second-order valence-electron chi connectivity index (χ2n) is 4.45. The molecule has 0 aliphatic heterocycles. The maximum Gasteiger partial charge on any atom is 0.150 e. The van der Waals surface area contributed by atoms with Crippen molar-refractivity contribution in [3.63, 3.8) is 0 Å². The first-order chi connectivity index (χ1) is 6.90. The van der Waals surface area contributed by atoms with Crippen LogP contribution >= 0.6 is 11.6 Å². The number of carbonyl (C=O) groups is 1. The van der Waals surface area contributed by atoms with Crippen LogP contribution in [0.2, 0.25) is 5.02 Å². The molecular weight excluding hydrogens is 212 g/mol. The van der Waals surface area contributed by atoms with Crippen molar-refractivity contribution < 1.29 is 9.53 Å². The molecule has 0 spiro atoms. The largest absolute Gasteiger partial charge is 0.495 e. The minimum Gasteiger partial charge on any atom is -0.495 e. The summed E-state index contributed by atoms with van der Waals surface area (Å²) in [4.78, 5) is 10.7. The minimum absolute atomic E-state index is 0.103. The SMILES string of the molecule is COc1c(Cl)cc(C=O)cc1C(C)(C)C. The van der Waals surface area contributed by atoms with Gasteiger partial charge in [-0.3, -0.25) is 4.79 Å². The number of rotatable bonds is 2. The second-order valence-corrected chi connectivity index (χ2v) is 4.86. The lowest BCUT2D eigenvalue weighted by Crippen LogP contribution is -2.13. The molecule has 1 rings (SSSR count). The molecule has 0 radical (unpaired) electrons. The van der Waals surface area contributed by atoms with Crippen LogP contribution in [0.15, 0.2) is 12.1 Å². The fraction of sp³-hybridized carbons (Fsp3) is 0.417. The molecule has 0 saturated heterocycles. The van der Waals surface area contributed by atoms with E-state index >= 15 is 0 Å². The van der Waals surface area contributed by atoms with Crippen LogP contribution in [-0.2, 0) is 5.41 Å². The molecule has 1 aromatic rings. The highest BCUT2D eigenvalue weighted by Crippen LogP contribution is 2.37. The maximum atomic E-state index is 10.7. The Kier molecular flexibility index (Phi) is 3.40. The highest BCUT2D eigenvalue weighted by molar-refractivity contribution is 6.32. The third-order valence-electron chi connectivity index (χ3n) is 2.21. The van der Waals surface area contributed by atoms with Crippen molar-refractivity contribution in [3.05, 3.63) is 28.3 Å². The van der Waals surface area contributed by atoms with Gasteiger partial charge in [0.15, 0.2) is 0 Å². The lowest BCUT2D eigenvalue weighted by Gasteiger charge is -2.23. The summed E-state index contributed by atoms with van der Waals surface area (Å²) in [5.41, 5.74) is 1.42. The van der Waals surface area contributed by atoms with Gasteiger partial charge < -0.3 is 4.74 Å². The first-order valence-corrected chi connectivity index (χ1v) is 5.11. The van der Waals surface area contributed by atoms with Crippen LogP contribution in [0.4, 0.5) is 0 Å². The third-order valence-corrected chi connectivity index (χ3v) is 2.49. The van der Waals surface area contributed by atoms with E-state index in [1.165, 1.54) is 0 Å². The van der Waals surface area contributed by atoms with Crippen molar-refractivity contribution in [3.8, 4) is 5.75 Å². The predicted octanol–water partition coefficient (Wildman–Crippen LogP) is 3.46. The Morgan fingerprint density at radius 1 is 1.33 bits per heavy atom. The molecule has 0 aromatic heterocycles. The van der Waals surface area contributed by atoms with Gasteiger partial charge in [-0.25, -0.2) is 0 Å². The number of carbonyl (C=O) groups excluding carboxylic acids is 1. The lowest BCUT2D eigenvalue weighted by atomic mass is 9.85. The summed E-state index contributed by atoms with van der Waals surface area (Å²) in [6.45, 7) is 6.15. The van der Waals surface area contributed by atoms with Crippen LogP contribution in [-0.4, -0.2) is 13.4 Å². The average Bonchev–Trinajstić information content (AvgIpc) is 2.15. The highest BCUT2D eigenvalue weighted by atomic mass is 35.5. The topological polar surface area (TPSA) is 26.3 Å². The molecule has 0 bridgehead atoms. The fourth-order valence-electron chi connectivity index (χ4n) is 1.45. The van der Waals surface area contributed by atoms with E-state index in [2.05, 4.69) is 20.8 Å². The van der Waals surface area contributed by atoms with E-state index in [0.717, 1.165) is 11.8 Å². The number of benzene rings is 1. The Hall–Kier alpha value is -1.02. The molecule has 0 saturated carbocycles. The molecule has 0 N–H and O–H groups in total. The number of ether oxygens (including phenoxy) is 1. The van der Waals surface area contributed by atoms with E-state index in [9.17, 15) is 4.79 Å². The Labute approximate surface area is 95.2 Å². The van der Waals surface area contributed by atoms with Gasteiger partial charge in [-0.05, 0) is 17.5 Å². The molecule has 0 aliphatic rings. The van der Waals surface area contributed by atoms with Gasteiger partial charge in [0.1, 0.15) is 12.0 Å². The third kappa shape index (κ3) is 2.51. The quantitative estimate of drug-likeness (QED) is 0.722. The van der Waals surface area contributed by atoms with Gasteiger partial charge in [0.25, 0.3) is 0 Å². The summed E-state index contributed by atoms with van der Waals surface area (Å²) in [5.74, 6) is 0.648. The summed E-state index contributed by atoms with van der Waals surface area (Å²) in [6.07, 6.45) is 0.792. The molecule has 3 heteroatoms. The summed E-state index contributed by atoms with van der Waals surface area (Å²) in [5, 5.41) is 0.479. The van der Waals surface area contributed by atoms with Crippen LogP contribution in [0.5, 0.6) is 5.75 Å². The molecule has 1 aromatic carbocycles. The van der Waals surface area contributed by atoms with Crippen LogP contribution in [0.3, 0.4) is 0 Å². The second kappa shape index (κ2) is 4.23. The highest BCUT2D eigenvalue weighted by Gasteiger charge is 2.21. The lowest BCUT2D eigenvalue weighted by molar-refractivity contribution is 0.112. The van der Waals surface area contributed by atoms with E-state index < -0.39 is 0 Å². The predicted molar refractivity (Wildman–Crippen MR) is 62.1 cm³/mol. The number of hydrogen-bond donors (Lipinski definition) is 0. The van der Waals surface area contributed by atoms with Gasteiger partial charge in [-0.1, -0.05) is 32.4 Å². The maximum absolute atomic E-state index is 10.7. The Morgan fingerprint density at radius 3 is 2.33 bits per heavy atom. The van der Waals surface area contributed by atoms with Gasteiger partial charge in [0, 0.05) is 11.1 Å². The first kappa shape index (κ1) is 12.1. The normalized spacial score (nSPS) is 11.3. The molecule has 15 heavy (non-hydrogen) atoms. The fourth-order valence-corrected chi connectivity index (χ4v) is 1.75. The molecule has 0 amide bonds. The van der Waals surface area contributed by atoms with Gasteiger partial charge >= 0.3 is 0 Å². The number of methoxy groups -OCH3 is 1. The summed E-state index contributed by atoms with van der Waals surface area (Å²) in [7, 11) is 1.58. The van der Waals surface area contributed by atoms with Crippen LogP contribution in [0.25, 0.3) is 0 Å². The molecule has 82 valence electrons.